The van der Waals surface area contributed by atoms with E-state index in [1.165, 1.54) is 11.0 Å². The number of aromatic nitrogens is 3. The number of nitrogens with zero attached hydrogens (tertiary/aromatic N) is 5. The van der Waals surface area contributed by atoms with Gasteiger partial charge in [-0.1, -0.05) is 6.07 Å². The van der Waals surface area contributed by atoms with Gasteiger partial charge >= 0.3 is 16.4 Å². The Hall–Kier alpha value is -2.10. The topological polar surface area (TPSA) is 182 Å². The maximum absolute atomic E-state index is 12.4. The molecule has 2 saturated heterocycles. The van der Waals surface area contributed by atoms with E-state index in [9.17, 15) is 18.0 Å². The van der Waals surface area contributed by atoms with Gasteiger partial charge in [0.25, 0.3) is 11.8 Å². The van der Waals surface area contributed by atoms with E-state index in [1.807, 2.05) is 0 Å². The third-order valence-corrected chi connectivity index (χ3v) is 4.79. The number of hydrogen-bond acceptors (Lipinski definition) is 9. The number of urea groups is 1. The number of piperidine rings is 1. The van der Waals surface area contributed by atoms with Gasteiger partial charge in [-0.2, -0.15) is 13.5 Å². The Morgan fingerprint density at radius 3 is 2.76 bits per heavy atom. The minimum Gasteiger partial charge on any atom is -0.417 e. The monoisotopic (exact) mass is 433 g/mol. The molecule has 2 aliphatic heterocycles. The number of hydroxylamine groups is 2. The molecule has 2 aliphatic rings. The fraction of sp³-hybridized carbons (Fsp3) is 0.357. The average molecular weight is 433 g/mol. The standard InChI is InChI=1S/C14H14N6O7S.Na/c15-11(21)8-2-1-3-9(16-8)12-17-18-13(26-12)10-5-4-7-6-19(10)14(22)20(7)27-28(23,24)25;/h1-3,7,10H,4-6H2,(H2,15,21)(H,23,24,25);/t7-,10+;/m1./s1. The molecule has 13 nitrogen and oxygen atoms in total. The third-order valence-electron chi connectivity index (χ3n) is 4.44. The van der Waals surface area contributed by atoms with Crippen LogP contribution in [0.1, 0.15) is 35.3 Å². The van der Waals surface area contributed by atoms with Gasteiger partial charge in [-0.05, 0) is 25.0 Å². The molecule has 4 rings (SSSR count). The van der Waals surface area contributed by atoms with Crippen molar-refractivity contribution in [2.24, 2.45) is 5.73 Å². The van der Waals surface area contributed by atoms with Crippen LogP contribution in [0.2, 0.25) is 0 Å². The number of hydrogen-bond donors (Lipinski definition) is 2. The van der Waals surface area contributed by atoms with Crippen LogP contribution in [-0.4, -0.2) is 92.2 Å². The average Bonchev–Trinajstić information content (AvgIpc) is 3.22. The molecule has 29 heavy (non-hydrogen) atoms. The number of primary amides is 1. The Bertz CT molecular complexity index is 1060. The summed E-state index contributed by atoms with van der Waals surface area (Å²) in [6, 6.07) is 2.70. The maximum atomic E-state index is 12.4. The SMILES string of the molecule is NC(=O)c1cccc(-c2nnc([C@@H]3CC[C@@H]4CN3C(=O)N4OS(=O)(=O)O)o2)n1.[Na]. The molecule has 3 amide bonds. The summed E-state index contributed by atoms with van der Waals surface area (Å²) in [7, 11) is -4.82. The second-order valence-corrected chi connectivity index (χ2v) is 7.23. The van der Waals surface area contributed by atoms with Gasteiger partial charge in [0.1, 0.15) is 17.4 Å². The Morgan fingerprint density at radius 2 is 2.07 bits per heavy atom. The summed E-state index contributed by atoms with van der Waals surface area (Å²) in [6.45, 7) is 0.173. The number of amides is 3. The number of nitrogens with two attached hydrogens (primary N) is 1. The predicted octanol–water partition coefficient (Wildman–Crippen LogP) is -0.475. The molecule has 2 aromatic heterocycles. The van der Waals surface area contributed by atoms with Crippen molar-refractivity contribution in [1.82, 2.24) is 25.1 Å². The first-order valence-corrected chi connectivity index (χ1v) is 9.47. The quantitative estimate of drug-likeness (QED) is 0.461. The molecule has 0 saturated carbocycles. The van der Waals surface area contributed by atoms with Gasteiger partial charge < -0.3 is 15.1 Å². The molecule has 149 valence electrons. The van der Waals surface area contributed by atoms with E-state index >= 15 is 0 Å². The minimum absolute atomic E-state index is 0. The molecule has 2 bridgehead atoms. The van der Waals surface area contributed by atoms with Crippen LogP contribution in [0.15, 0.2) is 22.6 Å². The van der Waals surface area contributed by atoms with Crippen molar-refractivity contribution in [2.45, 2.75) is 24.9 Å². The minimum atomic E-state index is -4.82. The summed E-state index contributed by atoms with van der Waals surface area (Å²) >= 11 is 0. The smallest absolute Gasteiger partial charge is 0.417 e. The number of pyridine rings is 1. The summed E-state index contributed by atoms with van der Waals surface area (Å²) in [6.07, 6.45) is 0.813. The van der Waals surface area contributed by atoms with Crippen LogP contribution in [0.25, 0.3) is 11.6 Å². The van der Waals surface area contributed by atoms with E-state index < -0.39 is 34.4 Å². The first-order valence-electron chi connectivity index (χ1n) is 8.10. The molecule has 0 unspecified atom stereocenters. The van der Waals surface area contributed by atoms with Crippen LogP contribution in [-0.2, 0) is 14.7 Å². The summed E-state index contributed by atoms with van der Waals surface area (Å²) in [5, 5.41) is 8.48. The summed E-state index contributed by atoms with van der Waals surface area (Å²) < 4.78 is 40.7. The fourth-order valence-electron chi connectivity index (χ4n) is 3.25. The third kappa shape index (κ3) is 4.26. The van der Waals surface area contributed by atoms with E-state index in [0.29, 0.717) is 17.9 Å². The summed E-state index contributed by atoms with van der Waals surface area (Å²) in [5.41, 5.74) is 5.48. The first-order chi connectivity index (χ1) is 13.2. The first kappa shape index (κ1) is 21.6. The van der Waals surface area contributed by atoms with Gasteiger partial charge in [-0.25, -0.2) is 9.78 Å². The van der Waals surface area contributed by atoms with Gasteiger partial charge in [0, 0.05) is 36.1 Å². The van der Waals surface area contributed by atoms with Gasteiger partial charge in [-0.15, -0.1) is 14.5 Å². The molecule has 1 radical (unpaired) electrons. The maximum Gasteiger partial charge on any atom is 0.418 e. The van der Waals surface area contributed by atoms with E-state index in [2.05, 4.69) is 19.5 Å². The van der Waals surface area contributed by atoms with Crippen molar-refractivity contribution in [3.8, 4) is 11.6 Å². The Kier molecular flexibility index (Phi) is 5.93. The second kappa shape index (κ2) is 7.97. The van der Waals surface area contributed by atoms with Crippen molar-refractivity contribution in [3.05, 3.63) is 29.8 Å². The van der Waals surface area contributed by atoms with E-state index in [1.54, 1.807) is 12.1 Å². The molecule has 15 heteroatoms. The van der Waals surface area contributed by atoms with Crippen LogP contribution in [0.4, 0.5) is 4.79 Å². The number of rotatable bonds is 5. The Labute approximate surface area is 186 Å². The molecule has 3 N–H and O–H groups in total. The fourth-order valence-corrected chi connectivity index (χ4v) is 3.64. The zero-order chi connectivity index (χ0) is 20.1. The van der Waals surface area contributed by atoms with E-state index in [-0.39, 0.29) is 59.3 Å². The molecular weight excluding hydrogens is 419 g/mol. The molecular formula is C14H14N6NaO7S. The van der Waals surface area contributed by atoms with Crippen LogP contribution >= 0.6 is 0 Å². The number of carbonyl (C=O) groups excluding carboxylic acids is 2. The molecule has 4 heterocycles. The molecule has 2 fully saturated rings. The van der Waals surface area contributed by atoms with Crippen molar-refractivity contribution in [2.75, 3.05) is 6.54 Å². The van der Waals surface area contributed by atoms with Crippen LogP contribution < -0.4 is 5.73 Å². The van der Waals surface area contributed by atoms with Crippen molar-refractivity contribution in [1.29, 1.82) is 0 Å². The second-order valence-electron chi connectivity index (χ2n) is 6.23. The van der Waals surface area contributed by atoms with Gasteiger partial charge in [0.2, 0.25) is 5.89 Å². The van der Waals surface area contributed by atoms with Gasteiger partial charge in [0.15, 0.2) is 0 Å². The molecule has 0 aliphatic carbocycles. The van der Waals surface area contributed by atoms with E-state index in [0.717, 1.165) is 0 Å². The normalized spacial score (nSPS) is 21.2. The van der Waals surface area contributed by atoms with Gasteiger partial charge in [0.05, 0.1) is 6.04 Å². The Balaban J connectivity index is 0.00000240. The van der Waals surface area contributed by atoms with Crippen LogP contribution in [0.3, 0.4) is 0 Å². The largest absolute Gasteiger partial charge is 0.418 e. The van der Waals surface area contributed by atoms with Crippen molar-refractivity contribution in [3.63, 3.8) is 0 Å². The van der Waals surface area contributed by atoms with Gasteiger partial charge in [-0.3, -0.25) is 9.35 Å². The summed E-state index contributed by atoms with van der Waals surface area (Å²) in [4.78, 5) is 29.1. The molecule has 2 atom stereocenters. The number of carbonyl (C=O) groups is 2. The zero-order valence-electron chi connectivity index (χ0n) is 15.1. The van der Waals surface area contributed by atoms with Crippen molar-refractivity contribution < 1.29 is 31.3 Å². The summed E-state index contributed by atoms with van der Waals surface area (Å²) in [5.74, 6) is -0.541. The number of fused-ring (bicyclic) bond motifs is 2. The van der Waals surface area contributed by atoms with Crippen LogP contribution in [0, 0.1) is 0 Å². The predicted molar refractivity (Wildman–Crippen MR) is 94.1 cm³/mol. The van der Waals surface area contributed by atoms with Crippen LogP contribution in [0.5, 0.6) is 0 Å². The van der Waals surface area contributed by atoms with E-state index in [4.69, 9.17) is 14.7 Å². The molecule has 0 aromatic carbocycles. The van der Waals surface area contributed by atoms with Crippen molar-refractivity contribution >= 4 is 51.9 Å². The molecule has 0 spiro atoms. The Morgan fingerprint density at radius 1 is 1.31 bits per heavy atom. The zero-order valence-corrected chi connectivity index (χ0v) is 17.9. The molecule has 2 aromatic rings.